The minimum Gasteiger partial charge on any atom is -0.388 e. The first-order valence-corrected chi connectivity index (χ1v) is 9.57. The van der Waals surface area contributed by atoms with E-state index in [-0.39, 0.29) is 12.4 Å². The Morgan fingerprint density at radius 1 is 0.968 bits per heavy atom. The molecule has 0 fully saturated rings. The number of hydrogen-bond acceptors (Lipinski definition) is 10. The first-order valence-electron chi connectivity index (χ1n) is 9.57. The predicted molar refractivity (Wildman–Crippen MR) is 113 cm³/mol. The molecule has 11 heteroatoms. The van der Waals surface area contributed by atoms with E-state index < -0.39 is 0 Å². The van der Waals surface area contributed by atoms with Gasteiger partial charge in [0.2, 0.25) is 11.9 Å². The van der Waals surface area contributed by atoms with Crippen molar-refractivity contribution < 1.29 is 5.11 Å². The zero-order valence-corrected chi connectivity index (χ0v) is 17.1. The monoisotopic (exact) mass is 414 g/mol. The highest BCUT2D eigenvalue weighted by atomic mass is 16.3. The number of aliphatic hydroxyl groups excluding tert-OH is 1. The normalized spacial score (nSPS) is 11.4. The first-order chi connectivity index (χ1) is 15.0. The number of hydrogen-bond donors (Lipinski definition) is 2. The van der Waals surface area contributed by atoms with Gasteiger partial charge in [0.1, 0.15) is 12.3 Å². The number of aromatic nitrogens is 9. The molecule has 0 spiro atoms. The van der Waals surface area contributed by atoms with E-state index in [0.29, 0.717) is 34.8 Å². The highest BCUT2D eigenvalue weighted by Gasteiger charge is 2.15. The number of aliphatic hydroxyl groups is 1. The molecule has 2 N–H and O–H groups in total. The molecule has 0 amide bonds. The quantitative estimate of drug-likeness (QED) is 0.449. The van der Waals surface area contributed by atoms with Gasteiger partial charge >= 0.3 is 0 Å². The van der Waals surface area contributed by atoms with E-state index in [9.17, 15) is 5.11 Å². The van der Waals surface area contributed by atoms with E-state index in [1.165, 1.54) is 4.52 Å². The maximum atomic E-state index is 9.27. The lowest BCUT2D eigenvalue weighted by atomic mass is 10.1. The van der Waals surface area contributed by atoms with Crippen LogP contribution in [0.3, 0.4) is 0 Å². The Labute approximate surface area is 176 Å². The van der Waals surface area contributed by atoms with Crippen molar-refractivity contribution in [3.63, 3.8) is 0 Å². The average molecular weight is 414 g/mol. The van der Waals surface area contributed by atoms with E-state index in [2.05, 4.69) is 45.5 Å². The lowest BCUT2D eigenvalue weighted by molar-refractivity contribution is 0.271. The number of para-hydroxylation sites is 1. The second-order valence-electron chi connectivity index (χ2n) is 7.03. The van der Waals surface area contributed by atoms with Crippen LogP contribution in [-0.2, 0) is 6.61 Å². The highest BCUT2D eigenvalue weighted by Crippen LogP contribution is 2.23. The summed E-state index contributed by atoms with van der Waals surface area (Å²) in [6, 6.07) is 7.74. The number of rotatable bonds is 4. The summed E-state index contributed by atoms with van der Waals surface area (Å²) in [6.07, 6.45) is 1.62. The molecule has 0 aliphatic rings. The van der Waals surface area contributed by atoms with Gasteiger partial charge < -0.3 is 5.11 Å². The predicted octanol–water partition coefficient (Wildman–Crippen LogP) is 2.08. The molecule has 4 heterocycles. The van der Waals surface area contributed by atoms with Crippen molar-refractivity contribution in [3.8, 4) is 11.4 Å². The van der Waals surface area contributed by atoms with Crippen molar-refractivity contribution in [3.05, 3.63) is 53.2 Å². The number of benzene rings is 1. The molecule has 0 atom stereocenters. The van der Waals surface area contributed by atoms with E-state index in [4.69, 9.17) is 0 Å². The topological polar surface area (TPSA) is 140 Å². The molecule has 0 aliphatic heterocycles. The minimum atomic E-state index is -0.273. The zero-order chi connectivity index (χ0) is 21.5. The highest BCUT2D eigenvalue weighted by molar-refractivity contribution is 5.84. The average Bonchev–Trinajstić information content (AvgIpc) is 3.20. The van der Waals surface area contributed by atoms with Crippen LogP contribution in [0.2, 0.25) is 0 Å². The fourth-order valence-corrected chi connectivity index (χ4v) is 3.36. The van der Waals surface area contributed by atoms with Crippen LogP contribution in [0.1, 0.15) is 22.8 Å². The Morgan fingerprint density at radius 3 is 2.68 bits per heavy atom. The van der Waals surface area contributed by atoms with E-state index >= 15 is 0 Å². The van der Waals surface area contributed by atoms with Gasteiger partial charge in [0.15, 0.2) is 5.82 Å². The Morgan fingerprint density at radius 2 is 1.84 bits per heavy atom. The van der Waals surface area contributed by atoms with Gasteiger partial charge in [-0.05, 0) is 32.4 Å². The first kappa shape index (κ1) is 18.9. The van der Waals surface area contributed by atoms with Crippen LogP contribution < -0.4 is 5.32 Å². The summed E-state index contributed by atoms with van der Waals surface area (Å²) in [5.41, 5.74) is 4.58. The third-order valence-corrected chi connectivity index (χ3v) is 4.92. The van der Waals surface area contributed by atoms with Gasteiger partial charge in [-0.3, -0.25) is 5.32 Å². The summed E-state index contributed by atoms with van der Waals surface area (Å²) >= 11 is 0. The van der Waals surface area contributed by atoms with Crippen LogP contribution in [0.4, 0.5) is 11.9 Å². The molecular formula is C20H18N10O. The maximum absolute atomic E-state index is 9.27. The smallest absolute Gasteiger partial charge is 0.272 e. The number of nitrogens with zero attached hydrogens (tertiary/aromatic N) is 9. The molecule has 31 heavy (non-hydrogen) atoms. The largest absolute Gasteiger partial charge is 0.388 e. The third-order valence-electron chi connectivity index (χ3n) is 4.92. The molecule has 11 nitrogen and oxygen atoms in total. The van der Waals surface area contributed by atoms with E-state index in [1.54, 1.807) is 12.3 Å². The SMILES string of the molecule is Cc1nc(Nc2nccc(-c3nnc4nc(CO)nn4c3C)n2)nc2c(C)cccc12. The van der Waals surface area contributed by atoms with Crippen molar-refractivity contribution in [1.82, 2.24) is 44.7 Å². The molecule has 0 bridgehead atoms. The molecule has 0 saturated heterocycles. The molecule has 5 rings (SSSR count). The van der Waals surface area contributed by atoms with Crippen LogP contribution in [0, 0.1) is 20.8 Å². The van der Waals surface area contributed by atoms with Gasteiger partial charge in [0.25, 0.3) is 5.78 Å². The summed E-state index contributed by atoms with van der Waals surface area (Å²) in [6.45, 7) is 5.52. The third kappa shape index (κ3) is 3.30. The van der Waals surface area contributed by atoms with Crippen molar-refractivity contribution in [2.75, 3.05) is 5.32 Å². The Hall–Kier alpha value is -4.12. The molecular weight excluding hydrogens is 396 g/mol. The number of fused-ring (bicyclic) bond motifs is 2. The number of aryl methyl sites for hydroxylation is 3. The Balaban J connectivity index is 1.53. The second-order valence-corrected chi connectivity index (χ2v) is 7.03. The lowest BCUT2D eigenvalue weighted by Gasteiger charge is -2.09. The van der Waals surface area contributed by atoms with Crippen LogP contribution in [0.15, 0.2) is 30.5 Å². The van der Waals surface area contributed by atoms with E-state index in [1.807, 2.05) is 39.0 Å². The zero-order valence-electron chi connectivity index (χ0n) is 17.1. The fourth-order valence-electron chi connectivity index (χ4n) is 3.36. The van der Waals surface area contributed by atoms with Crippen LogP contribution in [-0.4, -0.2) is 49.8 Å². The van der Waals surface area contributed by atoms with Crippen LogP contribution in [0.5, 0.6) is 0 Å². The fraction of sp³-hybridized carbons (Fsp3) is 0.200. The van der Waals surface area contributed by atoms with Gasteiger partial charge in [-0.1, -0.05) is 18.2 Å². The minimum absolute atomic E-state index is 0.273. The van der Waals surface area contributed by atoms with Crippen LogP contribution in [0.25, 0.3) is 28.1 Å². The standard InChI is InChI=1S/C20H18N10O/c1-10-5-4-6-13-11(2)22-19(25-16(10)13)26-18-21-8-7-14(23-18)17-12(3)30-20(28-27-17)24-15(9-31)29-30/h4-8,31H,9H2,1-3H3,(H,21,22,23,25,26). The summed E-state index contributed by atoms with van der Waals surface area (Å²) in [7, 11) is 0. The number of anilines is 2. The summed E-state index contributed by atoms with van der Waals surface area (Å²) in [4.78, 5) is 22.1. The van der Waals surface area contributed by atoms with Crippen molar-refractivity contribution >= 4 is 28.6 Å². The lowest BCUT2D eigenvalue weighted by Crippen LogP contribution is -2.06. The Kier molecular flexibility index (Phi) is 4.44. The summed E-state index contributed by atoms with van der Waals surface area (Å²) in [5, 5.41) is 25.9. The van der Waals surface area contributed by atoms with Gasteiger partial charge in [0.05, 0.1) is 22.6 Å². The van der Waals surface area contributed by atoms with E-state index in [0.717, 1.165) is 22.2 Å². The molecule has 1 aromatic carbocycles. The van der Waals surface area contributed by atoms with Crippen LogP contribution >= 0.6 is 0 Å². The van der Waals surface area contributed by atoms with Gasteiger partial charge in [0, 0.05) is 11.6 Å². The molecule has 0 saturated carbocycles. The molecule has 0 radical (unpaired) electrons. The second kappa shape index (κ2) is 7.29. The van der Waals surface area contributed by atoms with Gasteiger partial charge in [-0.15, -0.1) is 15.3 Å². The number of nitrogens with one attached hydrogen (secondary N) is 1. The Bertz CT molecular complexity index is 1450. The van der Waals surface area contributed by atoms with Crippen molar-refractivity contribution in [2.24, 2.45) is 0 Å². The molecule has 4 aromatic heterocycles. The molecule has 5 aromatic rings. The van der Waals surface area contributed by atoms with Gasteiger partial charge in [-0.25, -0.2) is 19.9 Å². The summed E-state index contributed by atoms with van der Waals surface area (Å²) in [5.74, 6) is 1.34. The molecule has 0 unspecified atom stereocenters. The summed E-state index contributed by atoms with van der Waals surface area (Å²) < 4.78 is 1.53. The molecule has 0 aliphatic carbocycles. The van der Waals surface area contributed by atoms with Gasteiger partial charge in [-0.2, -0.15) is 9.50 Å². The molecule has 154 valence electrons. The maximum Gasteiger partial charge on any atom is 0.272 e. The van der Waals surface area contributed by atoms with Crippen molar-refractivity contribution in [2.45, 2.75) is 27.4 Å². The van der Waals surface area contributed by atoms with Crippen molar-refractivity contribution in [1.29, 1.82) is 0 Å².